The molecule has 0 aliphatic heterocycles. The highest BCUT2D eigenvalue weighted by molar-refractivity contribution is 5.84. The van der Waals surface area contributed by atoms with E-state index in [-0.39, 0.29) is 11.3 Å². The second-order valence-electron chi connectivity index (χ2n) is 8.04. The molecule has 0 aromatic heterocycles. The third-order valence-corrected chi connectivity index (χ3v) is 6.39. The summed E-state index contributed by atoms with van der Waals surface area (Å²) in [6.07, 6.45) is 6.85. The molecule has 0 saturated heterocycles. The molecule has 2 aromatic rings. The molecule has 2 fully saturated rings. The molecule has 0 spiro atoms. The van der Waals surface area contributed by atoms with E-state index in [4.69, 9.17) is 0 Å². The summed E-state index contributed by atoms with van der Waals surface area (Å²) < 4.78 is 55.3. The SMILES string of the molecule is CC1CCC2CC(c3cc(F)c4c(F)c(F)c(F)cc4c3)CCC2C1. The van der Waals surface area contributed by atoms with E-state index >= 15 is 0 Å². The van der Waals surface area contributed by atoms with Crippen molar-refractivity contribution >= 4 is 10.8 Å². The zero-order chi connectivity index (χ0) is 17.7. The predicted octanol–water partition coefficient (Wildman–Crippen LogP) is 6.72. The summed E-state index contributed by atoms with van der Waals surface area (Å²) in [5, 5.41) is -0.353. The molecule has 4 unspecified atom stereocenters. The van der Waals surface area contributed by atoms with E-state index in [2.05, 4.69) is 6.92 Å². The summed E-state index contributed by atoms with van der Waals surface area (Å²) >= 11 is 0. The van der Waals surface area contributed by atoms with E-state index in [1.165, 1.54) is 25.3 Å². The molecule has 4 atom stereocenters. The number of hydrogen-bond acceptors (Lipinski definition) is 0. The van der Waals surface area contributed by atoms with E-state index in [1.54, 1.807) is 6.07 Å². The van der Waals surface area contributed by atoms with Crippen molar-refractivity contribution in [3.05, 3.63) is 47.0 Å². The molecule has 0 N–H and O–H groups in total. The predicted molar refractivity (Wildman–Crippen MR) is 90.4 cm³/mol. The Morgan fingerprint density at radius 2 is 1.48 bits per heavy atom. The van der Waals surface area contributed by atoms with Crippen molar-refractivity contribution in [2.45, 2.75) is 51.4 Å². The smallest absolute Gasteiger partial charge is 0.195 e. The van der Waals surface area contributed by atoms with Gasteiger partial charge in [0, 0.05) is 0 Å². The molecule has 0 bridgehead atoms. The quantitative estimate of drug-likeness (QED) is 0.396. The minimum atomic E-state index is -1.61. The van der Waals surface area contributed by atoms with Gasteiger partial charge in [0.25, 0.3) is 0 Å². The molecule has 0 heterocycles. The molecule has 134 valence electrons. The Labute approximate surface area is 145 Å². The Morgan fingerprint density at radius 1 is 0.760 bits per heavy atom. The molecule has 2 aliphatic carbocycles. The van der Waals surface area contributed by atoms with Crippen LogP contribution in [0.5, 0.6) is 0 Å². The average Bonchev–Trinajstić information content (AvgIpc) is 2.58. The van der Waals surface area contributed by atoms with Gasteiger partial charge >= 0.3 is 0 Å². The van der Waals surface area contributed by atoms with Crippen LogP contribution in [0.15, 0.2) is 18.2 Å². The monoisotopic (exact) mass is 350 g/mol. The first-order chi connectivity index (χ1) is 11.9. The first-order valence-electron chi connectivity index (χ1n) is 9.20. The Kier molecular flexibility index (Phi) is 4.25. The second-order valence-corrected chi connectivity index (χ2v) is 8.04. The lowest BCUT2D eigenvalue weighted by molar-refractivity contribution is 0.124. The molecular weight excluding hydrogens is 328 g/mol. The van der Waals surface area contributed by atoms with Gasteiger partial charge in [0.15, 0.2) is 17.5 Å². The molecule has 2 aliphatic rings. The lowest BCUT2D eigenvalue weighted by atomic mass is 9.64. The normalized spacial score (nSPS) is 29.6. The summed E-state index contributed by atoms with van der Waals surface area (Å²) in [7, 11) is 0. The lowest BCUT2D eigenvalue weighted by Crippen LogP contribution is -2.29. The van der Waals surface area contributed by atoms with Gasteiger partial charge in [-0.25, -0.2) is 17.6 Å². The summed E-state index contributed by atoms with van der Waals surface area (Å²) in [4.78, 5) is 0. The van der Waals surface area contributed by atoms with Gasteiger partial charge in [0.05, 0.1) is 5.39 Å². The van der Waals surface area contributed by atoms with E-state index in [0.717, 1.165) is 42.7 Å². The van der Waals surface area contributed by atoms with E-state index in [0.29, 0.717) is 5.92 Å². The number of hydrogen-bond donors (Lipinski definition) is 0. The van der Waals surface area contributed by atoms with Crippen LogP contribution in [0.2, 0.25) is 0 Å². The molecule has 0 amide bonds. The zero-order valence-corrected chi connectivity index (χ0v) is 14.3. The fraction of sp³-hybridized carbons (Fsp3) is 0.524. The maximum Gasteiger partial charge on any atom is 0.195 e. The van der Waals surface area contributed by atoms with Crippen LogP contribution in [0.25, 0.3) is 10.8 Å². The lowest BCUT2D eigenvalue weighted by Gasteiger charge is -2.41. The van der Waals surface area contributed by atoms with Crippen molar-refractivity contribution in [1.29, 1.82) is 0 Å². The molecule has 4 heteroatoms. The molecular formula is C21H22F4. The van der Waals surface area contributed by atoms with Gasteiger partial charge in [-0.15, -0.1) is 0 Å². The number of halogens is 4. The van der Waals surface area contributed by atoms with Gasteiger partial charge in [-0.2, -0.15) is 0 Å². The molecule has 2 saturated carbocycles. The van der Waals surface area contributed by atoms with Crippen LogP contribution >= 0.6 is 0 Å². The number of benzene rings is 2. The third kappa shape index (κ3) is 2.94. The zero-order valence-electron chi connectivity index (χ0n) is 14.3. The van der Waals surface area contributed by atoms with Crippen LogP contribution in [-0.4, -0.2) is 0 Å². The molecule has 4 rings (SSSR count). The fourth-order valence-electron chi connectivity index (χ4n) is 5.07. The van der Waals surface area contributed by atoms with Crippen molar-refractivity contribution in [2.24, 2.45) is 17.8 Å². The minimum Gasteiger partial charge on any atom is -0.206 e. The Morgan fingerprint density at radius 3 is 2.28 bits per heavy atom. The van der Waals surface area contributed by atoms with Crippen LogP contribution < -0.4 is 0 Å². The van der Waals surface area contributed by atoms with Crippen LogP contribution in [0.4, 0.5) is 17.6 Å². The van der Waals surface area contributed by atoms with Crippen LogP contribution in [-0.2, 0) is 0 Å². The van der Waals surface area contributed by atoms with Gasteiger partial charge in [-0.3, -0.25) is 0 Å². The Hall–Kier alpha value is -1.58. The van der Waals surface area contributed by atoms with Crippen LogP contribution in [0.1, 0.15) is 56.9 Å². The summed E-state index contributed by atoms with van der Waals surface area (Å²) in [6.45, 7) is 2.31. The maximum absolute atomic E-state index is 14.4. The van der Waals surface area contributed by atoms with Gasteiger partial charge in [0.2, 0.25) is 0 Å². The standard InChI is InChI=1S/C21H22F4/c1-11-2-3-13-7-14(5-4-12(13)6-11)15-8-16-10-18(23)20(24)21(25)19(16)17(22)9-15/h8-14H,2-7H2,1H3. The van der Waals surface area contributed by atoms with Gasteiger partial charge < -0.3 is 0 Å². The second kappa shape index (κ2) is 6.30. The number of rotatable bonds is 1. The molecule has 25 heavy (non-hydrogen) atoms. The largest absolute Gasteiger partial charge is 0.206 e. The van der Waals surface area contributed by atoms with E-state index in [9.17, 15) is 17.6 Å². The van der Waals surface area contributed by atoms with Crippen molar-refractivity contribution in [3.63, 3.8) is 0 Å². The van der Waals surface area contributed by atoms with E-state index in [1.807, 2.05) is 0 Å². The van der Waals surface area contributed by atoms with Crippen molar-refractivity contribution < 1.29 is 17.6 Å². The average molecular weight is 350 g/mol. The van der Waals surface area contributed by atoms with Crippen molar-refractivity contribution in [3.8, 4) is 0 Å². The summed E-state index contributed by atoms with van der Waals surface area (Å²) in [6, 6.07) is 3.86. The summed E-state index contributed by atoms with van der Waals surface area (Å²) in [5.41, 5.74) is 0.785. The molecule has 2 aromatic carbocycles. The van der Waals surface area contributed by atoms with Gasteiger partial charge in [-0.1, -0.05) is 19.4 Å². The topological polar surface area (TPSA) is 0 Å². The highest BCUT2D eigenvalue weighted by Gasteiger charge is 2.35. The Balaban J connectivity index is 1.67. The number of fused-ring (bicyclic) bond motifs is 2. The first-order valence-corrected chi connectivity index (χ1v) is 9.20. The summed E-state index contributed by atoms with van der Waals surface area (Å²) in [5.74, 6) is -2.71. The highest BCUT2D eigenvalue weighted by Crippen LogP contribution is 2.48. The van der Waals surface area contributed by atoms with Gasteiger partial charge in [-0.05, 0) is 78.9 Å². The van der Waals surface area contributed by atoms with Crippen LogP contribution in [0.3, 0.4) is 0 Å². The highest BCUT2D eigenvalue weighted by atomic mass is 19.2. The Bertz CT molecular complexity index is 813. The van der Waals surface area contributed by atoms with Crippen molar-refractivity contribution in [1.82, 2.24) is 0 Å². The third-order valence-electron chi connectivity index (χ3n) is 6.39. The molecule has 0 nitrogen and oxygen atoms in total. The minimum absolute atomic E-state index is 0.103. The molecule has 0 radical (unpaired) electrons. The fourth-order valence-corrected chi connectivity index (χ4v) is 5.07. The first kappa shape index (κ1) is 16.9. The maximum atomic E-state index is 14.4. The van der Waals surface area contributed by atoms with E-state index < -0.39 is 28.7 Å². The van der Waals surface area contributed by atoms with Crippen molar-refractivity contribution in [2.75, 3.05) is 0 Å². The van der Waals surface area contributed by atoms with Gasteiger partial charge in [0.1, 0.15) is 5.82 Å². The van der Waals surface area contributed by atoms with Crippen LogP contribution in [0, 0.1) is 41.0 Å².